The number of carbonyl (C=O) groups excluding carboxylic acids is 1. The Kier molecular flexibility index (Phi) is 4.70. The minimum Gasteiger partial charge on any atom is -0.383 e. The number of benzene rings is 1. The summed E-state index contributed by atoms with van der Waals surface area (Å²) in [6.07, 6.45) is 0. The number of hydrogen-bond acceptors (Lipinski definition) is 4. The summed E-state index contributed by atoms with van der Waals surface area (Å²) >= 11 is 5.84. The van der Waals surface area contributed by atoms with Crippen LogP contribution in [0.5, 0.6) is 0 Å². The van der Waals surface area contributed by atoms with Crippen LogP contribution in [0.3, 0.4) is 0 Å². The van der Waals surface area contributed by atoms with Gasteiger partial charge in [-0.3, -0.25) is 4.79 Å². The minimum atomic E-state index is -0.264. The molecule has 106 valence electrons. The SMILES string of the molecule is COCCNC(=O)c1nnn(-c2ccc(Cl)cc2)c1C. The molecule has 0 atom stereocenters. The quantitative estimate of drug-likeness (QED) is 0.851. The molecule has 1 aromatic heterocycles. The highest BCUT2D eigenvalue weighted by Gasteiger charge is 2.16. The standard InChI is InChI=1S/C13H15ClN4O2/c1-9-12(13(19)15-7-8-20-2)16-17-18(9)11-5-3-10(14)4-6-11/h3-6H,7-8H2,1-2H3,(H,15,19). The van der Waals surface area contributed by atoms with Gasteiger partial charge in [0, 0.05) is 18.7 Å². The van der Waals surface area contributed by atoms with Crippen LogP contribution in [0, 0.1) is 6.92 Å². The molecule has 0 aliphatic rings. The van der Waals surface area contributed by atoms with Crippen LogP contribution >= 0.6 is 11.6 Å². The van der Waals surface area contributed by atoms with E-state index in [1.54, 1.807) is 30.8 Å². The van der Waals surface area contributed by atoms with E-state index < -0.39 is 0 Å². The van der Waals surface area contributed by atoms with Gasteiger partial charge >= 0.3 is 0 Å². The van der Waals surface area contributed by atoms with Gasteiger partial charge in [-0.15, -0.1) is 5.10 Å². The fourth-order valence-corrected chi connectivity index (χ4v) is 1.84. The molecule has 1 aromatic carbocycles. The second-order valence-corrected chi connectivity index (χ2v) is 4.60. The lowest BCUT2D eigenvalue weighted by atomic mass is 10.3. The Morgan fingerprint density at radius 2 is 2.10 bits per heavy atom. The van der Waals surface area contributed by atoms with E-state index in [0.717, 1.165) is 5.69 Å². The van der Waals surface area contributed by atoms with Crippen molar-refractivity contribution in [1.82, 2.24) is 20.3 Å². The van der Waals surface area contributed by atoms with Crippen molar-refractivity contribution in [2.45, 2.75) is 6.92 Å². The number of aromatic nitrogens is 3. The summed E-state index contributed by atoms with van der Waals surface area (Å²) in [6, 6.07) is 7.15. The van der Waals surface area contributed by atoms with Crippen molar-refractivity contribution in [2.75, 3.05) is 20.3 Å². The Morgan fingerprint density at radius 3 is 2.75 bits per heavy atom. The van der Waals surface area contributed by atoms with E-state index in [1.807, 2.05) is 12.1 Å². The molecule has 0 bridgehead atoms. The Labute approximate surface area is 121 Å². The van der Waals surface area contributed by atoms with Gasteiger partial charge in [0.15, 0.2) is 5.69 Å². The van der Waals surface area contributed by atoms with Crippen LogP contribution in [0.2, 0.25) is 5.02 Å². The molecular weight excluding hydrogens is 280 g/mol. The van der Waals surface area contributed by atoms with Crippen molar-refractivity contribution in [1.29, 1.82) is 0 Å². The Balaban J connectivity index is 2.18. The highest BCUT2D eigenvalue weighted by Crippen LogP contribution is 2.15. The van der Waals surface area contributed by atoms with Crippen molar-refractivity contribution < 1.29 is 9.53 Å². The van der Waals surface area contributed by atoms with Crippen molar-refractivity contribution in [3.05, 3.63) is 40.7 Å². The second-order valence-electron chi connectivity index (χ2n) is 4.16. The van der Waals surface area contributed by atoms with Crippen LogP contribution in [0.15, 0.2) is 24.3 Å². The van der Waals surface area contributed by atoms with Crippen LogP contribution in [-0.4, -0.2) is 41.2 Å². The molecule has 1 heterocycles. The maximum absolute atomic E-state index is 11.9. The zero-order valence-electron chi connectivity index (χ0n) is 11.3. The van der Waals surface area contributed by atoms with Gasteiger partial charge in [0.25, 0.3) is 5.91 Å². The average Bonchev–Trinajstić information content (AvgIpc) is 2.82. The Morgan fingerprint density at radius 1 is 1.40 bits per heavy atom. The molecule has 6 nitrogen and oxygen atoms in total. The zero-order valence-corrected chi connectivity index (χ0v) is 12.0. The highest BCUT2D eigenvalue weighted by atomic mass is 35.5. The van der Waals surface area contributed by atoms with Gasteiger partial charge in [-0.2, -0.15) is 0 Å². The number of hydrogen-bond donors (Lipinski definition) is 1. The third-order valence-corrected chi connectivity index (χ3v) is 3.02. The van der Waals surface area contributed by atoms with Crippen molar-refractivity contribution >= 4 is 17.5 Å². The van der Waals surface area contributed by atoms with Crippen molar-refractivity contribution in [3.63, 3.8) is 0 Å². The lowest BCUT2D eigenvalue weighted by molar-refractivity contribution is 0.0931. The van der Waals surface area contributed by atoms with Gasteiger partial charge in [0.1, 0.15) is 0 Å². The van der Waals surface area contributed by atoms with Crippen molar-refractivity contribution in [2.24, 2.45) is 0 Å². The van der Waals surface area contributed by atoms with Crippen LogP contribution in [0.4, 0.5) is 0 Å². The zero-order chi connectivity index (χ0) is 14.5. The Bertz CT molecular complexity index is 595. The number of carbonyl (C=O) groups is 1. The predicted octanol–water partition coefficient (Wildman–Crippen LogP) is 1.61. The van der Waals surface area contributed by atoms with E-state index in [4.69, 9.17) is 16.3 Å². The predicted molar refractivity (Wildman–Crippen MR) is 75.3 cm³/mol. The van der Waals surface area contributed by atoms with E-state index >= 15 is 0 Å². The molecule has 0 fully saturated rings. The normalized spacial score (nSPS) is 10.6. The Hall–Kier alpha value is -1.92. The smallest absolute Gasteiger partial charge is 0.273 e. The molecule has 20 heavy (non-hydrogen) atoms. The van der Waals surface area contributed by atoms with Gasteiger partial charge in [-0.25, -0.2) is 4.68 Å². The number of nitrogens with one attached hydrogen (secondary N) is 1. The number of amides is 1. The number of halogens is 1. The minimum absolute atomic E-state index is 0.264. The molecule has 0 saturated heterocycles. The summed E-state index contributed by atoms with van der Waals surface area (Å²) in [4.78, 5) is 11.9. The first-order chi connectivity index (χ1) is 9.63. The van der Waals surface area contributed by atoms with E-state index in [9.17, 15) is 4.79 Å². The first-order valence-corrected chi connectivity index (χ1v) is 6.46. The van der Waals surface area contributed by atoms with E-state index in [1.165, 1.54) is 0 Å². The number of ether oxygens (including phenoxy) is 1. The molecule has 7 heteroatoms. The summed E-state index contributed by atoms with van der Waals surface area (Å²) < 4.78 is 6.47. The summed E-state index contributed by atoms with van der Waals surface area (Å²) in [6.45, 7) is 2.68. The first kappa shape index (κ1) is 14.5. The maximum Gasteiger partial charge on any atom is 0.273 e. The summed E-state index contributed by atoms with van der Waals surface area (Å²) in [5.41, 5.74) is 1.77. The molecule has 1 N–H and O–H groups in total. The second kappa shape index (κ2) is 6.49. The lowest BCUT2D eigenvalue weighted by Crippen LogP contribution is -2.27. The molecule has 0 radical (unpaired) electrons. The highest BCUT2D eigenvalue weighted by molar-refractivity contribution is 6.30. The molecule has 0 aliphatic carbocycles. The molecule has 0 spiro atoms. The number of nitrogens with zero attached hydrogens (tertiary/aromatic N) is 3. The molecule has 0 aliphatic heterocycles. The molecule has 2 aromatic rings. The van der Waals surface area contributed by atoms with Crippen LogP contribution < -0.4 is 5.32 Å². The molecule has 0 unspecified atom stereocenters. The van der Waals surface area contributed by atoms with E-state index in [0.29, 0.717) is 29.6 Å². The number of rotatable bonds is 5. The van der Waals surface area contributed by atoms with Gasteiger partial charge in [-0.05, 0) is 31.2 Å². The van der Waals surface area contributed by atoms with Crippen LogP contribution in [-0.2, 0) is 4.74 Å². The van der Waals surface area contributed by atoms with E-state index in [2.05, 4.69) is 15.6 Å². The fraction of sp³-hybridized carbons (Fsp3) is 0.308. The third-order valence-electron chi connectivity index (χ3n) is 2.77. The van der Waals surface area contributed by atoms with Gasteiger partial charge < -0.3 is 10.1 Å². The van der Waals surface area contributed by atoms with Crippen molar-refractivity contribution in [3.8, 4) is 5.69 Å². The van der Waals surface area contributed by atoms with Gasteiger partial charge in [-0.1, -0.05) is 16.8 Å². The summed E-state index contributed by atoms with van der Waals surface area (Å²) in [7, 11) is 1.58. The van der Waals surface area contributed by atoms with Crippen LogP contribution in [0.25, 0.3) is 5.69 Å². The average molecular weight is 295 g/mol. The number of methoxy groups -OCH3 is 1. The molecule has 0 saturated carbocycles. The summed E-state index contributed by atoms with van der Waals surface area (Å²) in [5.74, 6) is -0.264. The molecule has 2 rings (SSSR count). The fourth-order valence-electron chi connectivity index (χ4n) is 1.72. The topological polar surface area (TPSA) is 69.0 Å². The van der Waals surface area contributed by atoms with Gasteiger partial charge in [0.05, 0.1) is 18.0 Å². The van der Waals surface area contributed by atoms with Gasteiger partial charge in [0.2, 0.25) is 0 Å². The van der Waals surface area contributed by atoms with E-state index in [-0.39, 0.29) is 5.91 Å². The monoisotopic (exact) mass is 294 g/mol. The molecule has 1 amide bonds. The lowest BCUT2D eigenvalue weighted by Gasteiger charge is -2.04. The third kappa shape index (κ3) is 3.15. The molecular formula is C13H15ClN4O2. The van der Waals surface area contributed by atoms with Crippen LogP contribution in [0.1, 0.15) is 16.2 Å². The first-order valence-electron chi connectivity index (χ1n) is 6.09. The summed E-state index contributed by atoms with van der Waals surface area (Å²) in [5, 5.41) is 11.3. The maximum atomic E-state index is 11.9. The largest absolute Gasteiger partial charge is 0.383 e.